The van der Waals surface area contributed by atoms with E-state index in [1.165, 1.54) is 18.9 Å². The molecular formula is C16H19N3O3. The van der Waals surface area contributed by atoms with Gasteiger partial charge in [0.2, 0.25) is 5.89 Å². The molecule has 0 radical (unpaired) electrons. The number of esters is 1. The highest BCUT2D eigenvalue weighted by Gasteiger charge is 2.15. The number of rotatable bonds is 7. The molecule has 0 fully saturated rings. The van der Waals surface area contributed by atoms with E-state index >= 15 is 0 Å². The van der Waals surface area contributed by atoms with Crippen LogP contribution in [0.1, 0.15) is 34.8 Å². The molecule has 6 heteroatoms. The summed E-state index contributed by atoms with van der Waals surface area (Å²) in [6.45, 7) is 0. The fourth-order valence-electron chi connectivity index (χ4n) is 2.16. The van der Waals surface area contributed by atoms with E-state index in [0.717, 1.165) is 18.5 Å². The molecule has 0 spiro atoms. The number of nitrogens with one attached hydrogen (secondary N) is 2. The number of hydrogen-bond donors (Lipinski definition) is 2. The summed E-state index contributed by atoms with van der Waals surface area (Å²) in [6, 6.07) is 8.07. The van der Waals surface area contributed by atoms with Crippen LogP contribution in [-0.4, -0.2) is 30.8 Å². The summed E-state index contributed by atoms with van der Waals surface area (Å²) >= 11 is 0. The van der Waals surface area contributed by atoms with Gasteiger partial charge in [-0.15, -0.1) is 0 Å². The van der Waals surface area contributed by atoms with Gasteiger partial charge in [0, 0.05) is 12.7 Å². The van der Waals surface area contributed by atoms with Crippen molar-refractivity contribution in [2.24, 2.45) is 0 Å². The summed E-state index contributed by atoms with van der Waals surface area (Å²) in [7, 11) is 3.17. The van der Waals surface area contributed by atoms with Crippen molar-refractivity contribution in [1.29, 1.82) is 5.41 Å². The summed E-state index contributed by atoms with van der Waals surface area (Å²) in [5.74, 6) is -0.395. The Kier molecular flexibility index (Phi) is 5.30. The van der Waals surface area contributed by atoms with Crippen LogP contribution in [0.3, 0.4) is 0 Å². The molecule has 0 unspecified atom stereocenters. The molecule has 1 aromatic heterocycles. The molecule has 2 rings (SSSR count). The van der Waals surface area contributed by atoms with Crippen molar-refractivity contribution >= 4 is 17.4 Å². The summed E-state index contributed by atoms with van der Waals surface area (Å²) in [5.41, 5.74) is 2.67. The number of anilines is 1. The van der Waals surface area contributed by atoms with Gasteiger partial charge >= 0.3 is 5.97 Å². The van der Waals surface area contributed by atoms with Gasteiger partial charge in [-0.2, -0.15) is 0 Å². The highest BCUT2D eigenvalue weighted by Crippen LogP contribution is 2.17. The molecule has 2 aromatic rings. The topological polar surface area (TPSA) is 88.2 Å². The van der Waals surface area contributed by atoms with Crippen LogP contribution in [0, 0.1) is 5.41 Å². The van der Waals surface area contributed by atoms with Crippen molar-refractivity contribution < 1.29 is 13.9 Å². The Morgan fingerprint density at radius 2 is 2.18 bits per heavy atom. The number of nitrogens with zero attached hydrogens (tertiary/aromatic N) is 1. The Morgan fingerprint density at radius 1 is 1.41 bits per heavy atom. The first-order chi connectivity index (χ1) is 10.7. The first kappa shape index (κ1) is 15.8. The second-order valence-corrected chi connectivity index (χ2v) is 4.77. The lowest BCUT2D eigenvalue weighted by Gasteiger charge is -2.08. The number of ether oxygens (including phenoxy) is 1. The number of benzene rings is 1. The number of para-hydroxylation sites is 1. The molecule has 1 aromatic carbocycles. The molecular weight excluding hydrogens is 282 g/mol. The molecule has 6 nitrogen and oxygen atoms in total. The fraction of sp³-hybridized carbons (Fsp3) is 0.312. The molecule has 116 valence electrons. The van der Waals surface area contributed by atoms with Gasteiger partial charge in [-0.3, -0.25) is 5.41 Å². The Balaban J connectivity index is 1.90. The van der Waals surface area contributed by atoms with E-state index in [2.05, 4.69) is 21.1 Å². The summed E-state index contributed by atoms with van der Waals surface area (Å²) < 4.78 is 9.70. The van der Waals surface area contributed by atoms with Crippen molar-refractivity contribution in [3.05, 3.63) is 47.7 Å². The van der Waals surface area contributed by atoms with Crippen LogP contribution in [0.4, 0.5) is 5.69 Å². The van der Waals surface area contributed by atoms with Gasteiger partial charge in [0.1, 0.15) is 6.26 Å². The van der Waals surface area contributed by atoms with Gasteiger partial charge in [0.25, 0.3) is 0 Å². The number of carbonyl (C=O) groups is 1. The zero-order valence-electron chi connectivity index (χ0n) is 12.7. The number of carbonyl (C=O) groups excluding carboxylic acids is 1. The van der Waals surface area contributed by atoms with E-state index < -0.39 is 5.97 Å². The van der Waals surface area contributed by atoms with Crippen molar-refractivity contribution in [2.75, 3.05) is 19.5 Å². The molecule has 0 saturated carbocycles. The summed E-state index contributed by atoms with van der Waals surface area (Å²) in [6.07, 6.45) is 3.39. The van der Waals surface area contributed by atoms with E-state index in [1.807, 2.05) is 25.2 Å². The van der Waals surface area contributed by atoms with Crippen molar-refractivity contribution in [3.8, 4) is 0 Å². The second kappa shape index (κ2) is 7.40. The minimum absolute atomic E-state index is 0.0859. The van der Waals surface area contributed by atoms with Gasteiger partial charge in [-0.1, -0.05) is 18.2 Å². The first-order valence-corrected chi connectivity index (χ1v) is 7.03. The Labute approximate surface area is 129 Å². The lowest BCUT2D eigenvalue weighted by atomic mass is 10.0. The molecule has 0 aliphatic heterocycles. The van der Waals surface area contributed by atoms with Crippen molar-refractivity contribution in [1.82, 2.24) is 4.98 Å². The second-order valence-electron chi connectivity index (χ2n) is 4.77. The minimum atomic E-state index is -0.564. The molecule has 0 atom stereocenters. The van der Waals surface area contributed by atoms with E-state index in [0.29, 0.717) is 6.42 Å². The van der Waals surface area contributed by atoms with Crippen molar-refractivity contribution in [2.45, 2.75) is 19.3 Å². The average Bonchev–Trinajstić information content (AvgIpc) is 3.04. The van der Waals surface area contributed by atoms with E-state index in [9.17, 15) is 4.79 Å². The third-order valence-corrected chi connectivity index (χ3v) is 3.32. The van der Waals surface area contributed by atoms with Crippen LogP contribution in [0.5, 0.6) is 0 Å². The Hall–Kier alpha value is -2.63. The van der Waals surface area contributed by atoms with Crippen LogP contribution in [0.15, 0.2) is 34.9 Å². The zero-order chi connectivity index (χ0) is 15.9. The lowest BCUT2D eigenvalue weighted by Crippen LogP contribution is -2.05. The molecule has 22 heavy (non-hydrogen) atoms. The smallest absolute Gasteiger partial charge is 0.360 e. The molecule has 0 saturated heterocycles. The predicted octanol–water partition coefficient (Wildman–Crippen LogP) is 2.89. The Bertz CT molecular complexity index is 664. The summed E-state index contributed by atoms with van der Waals surface area (Å²) in [5, 5.41) is 11.1. The number of aryl methyl sites for hydroxylation is 1. The first-order valence-electron chi connectivity index (χ1n) is 7.03. The van der Waals surface area contributed by atoms with Gasteiger partial charge in [0.15, 0.2) is 5.69 Å². The van der Waals surface area contributed by atoms with Crippen LogP contribution >= 0.6 is 0 Å². The largest absolute Gasteiger partial charge is 0.464 e. The van der Waals surface area contributed by atoms with Gasteiger partial charge in [-0.25, -0.2) is 9.78 Å². The average molecular weight is 301 g/mol. The SMILES string of the molecule is CNc1ccccc1CCCC(=N)c1nc(C(=O)OC)co1. The number of oxazole rings is 1. The normalized spacial score (nSPS) is 10.3. The molecule has 0 aliphatic rings. The number of methoxy groups -OCH3 is 1. The monoisotopic (exact) mass is 301 g/mol. The lowest BCUT2D eigenvalue weighted by molar-refractivity contribution is 0.0594. The molecule has 0 amide bonds. The van der Waals surface area contributed by atoms with Crippen LogP contribution in [-0.2, 0) is 11.2 Å². The number of aromatic nitrogens is 1. The van der Waals surface area contributed by atoms with E-state index in [4.69, 9.17) is 9.83 Å². The molecule has 0 bridgehead atoms. The maximum Gasteiger partial charge on any atom is 0.360 e. The standard InChI is InChI=1S/C16H19N3O3/c1-18-13-9-4-3-6-11(13)7-5-8-12(17)15-19-14(10-22-15)16(20)21-2/h3-4,6,9-10,17-18H,5,7-8H2,1-2H3. The minimum Gasteiger partial charge on any atom is -0.464 e. The molecule has 2 N–H and O–H groups in total. The van der Waals surface area contributed by atoms with Crippen LogP contribution in [0.25, 0.3) is 0 Å². The van der Waals surface area contributed by atoms with Gasteiger partial charge in [0.05, 0.1) is 12.8 Å². The highest BCUT2D eigenvalue weighted by molar-refractivity contribution is 5.95. The molecule has 0 aliphatic carbocycles. The molecule has 1 heterocycles. The third-order valence-electron chi connectivity index (χ3n) is 3.32. The number of hydrogen-bond acceptors (Lipinski definition) is 6. The van der Waals surface area contributed by atoms with Crippen LogP contribution in [0.2, 0.25) is 0 Å². The predicted molar refractivity (Wildman–Crippen MR) is 83.6 cm³/mol. The van der Waals surface area contributed by atoms with Crippen LogP contribution < -0.4 is 5.32 Å². The maximum absolute atomic E-state index is 11.3. The van der Waals surface area contributed by atoms with Crippen molar-refractivity contribution in [3.63, 3.8) is 0 Å². The van der Waals surface area contributed by atoms with Gasteiger partial charge < -0.3 is 14.5 Å². The van der Waals surface area contributed by atoms with E-state index in [-0.39, 0.29) is 17.3 Å². The summed E-state index contributed by atoms with van der Waals surface area (Å²) in [4.78, 5) is 15.3. The van der Waals surface area contributed by atoms with Gasteiger partial charge in [-0.05, 0) is 30.9 Å². The fourth-order valence-corrected chi connectivity index (χ4v) is 2.16. The quantitative estimate of drug-likeness (QED) is 0.606. The van der Waals surface area contributed by atoms with E-state index in [1.54, 1.807) is 0 Å². The zero-order valence-corrected chi connectivity index (χ0v) is 12.7. The third kappa shape index (κ3) is 3.72. The maximum atomic E-state index is 11.3. The Morgan fingerprint density at radius 3 is 2.91 bits per heavy atom. The highest BCUT2D eigenvalue weighted by atomic mass is 16.5.